The summed E-state index contributed by atoms with van der Waals surface area (Å²) in [5.74, 6) is 1.21. The highest BCUT2D eigenvalue weighted by Crippen LogP contribution is 2.60. The van der Waals surface area contributed by atoms with Crippen LogP contribution in [-0.4, -0.2) is 8.42 Å². The lowest BCUT2D eigenvalue weighted by Crippen LogP contribution is -2.49. The molecule has 134 valence electrons. The Labute approximate surface area is 150 Å². The number of furan rings is 1. The third-order valence-corrected chi connectivity index (χ3v) is 8.81. The van der Waals surface area contributed by atoms with Crippen molar-refractivity contribution < 1.29 is 12.8 Å². The predicted octanol–water partition coefficient (Wildman–Crippen LogP) is 5.28. The van der Waals surface area contributed by atoms with Gasteiger partial charge in [0.05, 0.1) is 16.4 Å². The number of hydrogen-bond donors (Lipinski definition) is 0. The molecule has 0 unspecified atom stereocenters. The summed E-state index contributed by atoms with van der Waals surface area (Å²) >= 11 is 0. The molecule has 4 rings (SSSR count). The lowest BCUT2D eigenvalue weighted by molar-refractivity contribution is 0.0257. The first-order valence-corrected chi connectivity index (χ1v) is 10.7. The molecule has 1 saturated carbocycles. The van der Waals surface area contributed by atoms with Gasteiger partial charge in [0.15, 0.2) is 9.84 Å². The average Bonchev–Trinajstić information content (AvgIpc) is 3.05. The van der Waals surface area contributed by atoms with E-state index in [1.165, 1.54) is 0 Å². The molecule has 1 fully saturated rings. The second-order valence-electron chi connectivity index (χ2n) is 8.60. The van der Waals surface area contributed by atoms with Crippen LogP contribution in [0.5, 0.6) is 0 Å². The van der Waals surface area contributed by atoms with E-state index in [2.05, 4.69) is 20.8 Å². The van der Waals surface area contributed by atoms with Crippen LogP contribution in [0.2, 0.25) is 0 Å². The predicted molar refractivity (Wildman–Crippen MR) is 98.2 cm³/mol. The zero-order valence-corrected chi connectivity index (χ0v) is 16.0. The molecule has 0 N–H and O–H groups in total. The summed E-state index contributed by atoms with van der Waals surface area (Å²) in [6.45, 7) is 6.84. The number of hydrogen-bond acceptors (Lipinski definition) is 3. The van der Waals surface area contributed by atoms with E-state index in [0.717, 1.165) is 30.6 Å². The van der Waals surface area contributed by atoms with Gasteiger partial charge in [0.25, 0.3) is 0 Å². The molecule has 2 aliphatic rings. The topological polar surface area (TPSA) is 47.3 Å². The molecule has 1 aromatic carbocycles. The fourth-order valence-electron chi connectivity index (χ4n) is 5.42. The minimum atomic E-state index is -3.43. The highest BCUT2D eigenvalue weighted by Gasteiger charge is 2.55. The number of rotatable bonds is 2. The lowest BCUT2D eigenvalue weighted by atomic mass is 9.52. The van der Waals surface area contributed by atoms with Crippen molar-refractivity contribution in [2.24, 2.45) is 11.3 Å². The number of sulfone groups is 1. The van der Waals surface area contributed by atoms with E-state index in [9.17, 15) is 8.42 Å². The van der Waals surface area contributed by atoms with Crippen LogP contribution >= 0.6 is 0 Å². The minimum Gasteiger partial charge on any atom is -0.468 e. The van der Waals surface area contributed by atoms with Crippen molar-refractivity contribution in [3.8, 4) is 0 Å². The van der Waals surface area contributed by atoms with E-state index in [0.29, 0.717) is 17.2 Å². The van der Waals surface area contributed by atoms with E-state index in [-0.39, 0.29) is 10.8 Å². The molecular weight excluding hydrogens is 332 g/mol. The van der Waals surface area contributed by atoms with Gasteiger partial charge in [-0.1, -0.05) is 45.4 Å². The van der Waals surface area contributed by atoms with Gasteiger partial charge < -0.3 is 4.42 Å². The lowest BCUT2D eigenvalue weighted by Gasteiger charge is -2.53. The maximum Gasteiger partial charge on any atom is 0.185 e. The highest BCUT2D eigenvalue weighted by molar-refractivity contribution is 7.91. The smallest absolute Gasteiger partial charge is 0.185 e. The first-order chi connectivity index (χ1) is 11.8. The van der Waals surface area contributed by atoms with Gasteiger partial charge in [0, 0.05) is 11.0 Å². The van der Waals surface area contributed by atoms with Crippen LogP contribution in [-0.2, 0) is 15.3 Å². The summed E-state index contributed by atoms with van der Waals surface area (Å²) in [5, 5.41) is -0.515. The summed E-state index contributed by atoms with van der Waals surface area (Å²) in [6, 6.07) is 10.7. The Balaban J connectivity index is 1.87. The van der Waals surface area contributed by atoms with Crippen molar-refractivity contribution in [3.05, 3.63) is 54.0 Å². The van der Waals surface area contributed by atoms with Crippen LogP contribution < -0.4 is 0 Å². The monoisotopic (exact) mass is 358 g/mol. The molecule has 0 aliphatic heterocycles. The molecule has 2 aliphatic carbocycles. The Morgan fingerprint density at radius 3 is 2.48 bits per heavy atom. The van der Waals surface area contributed by atoms with Crippen molar-refractivity contribution in [2.45, 2.75) is 62.0 Å². The maximum absolute atomic E-state index is 13.4. The molecule has 4 heteroatoms. The second kappa shape index (κ2) is 5.47. The van der Waals surface area contributed by atoms with Gasteiger partial charge in [-0.25, -0.2) is 8.42 Å². The van der Waals surface area contributed by atoms with Crippen molar-refractivity contribution in [1.29, 1.82) is 0 Å². The summed E-state index contributed by atoms with van der Waals surface area (Å²) in [6.07, 6.45) is 5.72. The zero-order valence-electron chi connectivity index (χ0n) is 15.2. The van der Waals surface area contributed by atoms with Gasteiger partial charge >= 0.3 is 0 Å². The molecule has 0 saturated heterocycles. The van der Waals surface area contributed by atoms with E-state index in [1.807, 2.05) is 12.1 Å². The van der Waals surface area contributed by atoms with Crippen molar-refractivity contribution in [3.63, 3.8) is 0 Å². The summed E-state index contributed by atoms with van der Waals surface area (Å²) in [5.41, 5.74) is 0.922. The Morgan fingerprint density at radius 2 is 1.76 bits per heavy atom. The molecule has 1 heterocycles. The Bertz CT molecular complexity index is 879. The van der Waals surface area contributed by atoms with Crippen LogP contribution in [0.15, 0.2) is 52.0 Å². The zero-order chi connectivity index (χ0) is 17.9. The first-order valence-electron chi connectivity index (χ1n) is 9.14. The second-order valence-corrected chi connectivity index (χ2v) is 10.7. The van der Waals surface area contributed by atoms with Crippen LogP contribution in [0.1, 0.15) is 63.0 Å². The Morgan fingerprint density at radius 1 is 1.04 bits per heavy atom. The van der Waals surface area contributed by atoms with Gasteiger partial charge in [-0.05, 0) is 48.8 Å². The normalized spacial score (nSPS) is 31.2. The van der Waals surface area contributed by atoms with E-state index in [4.69, 9.17) is 4.42 Å². The molecule has 1 aromatic heterocycles. The standard InChI is InChI=1S/C21H26O3S/c1-20(2)11-7-12-21(3)18(20)14-17(16-10-13-24-19(16)21)25(22,23)15-8-5-4-6-9-15/h4-6,8-10,13,17-18H,7,11-12,14H2,1-3H3/t17-,18+,21+/m1/s1. The largest absolute Gasteiger partial charge is 0.468 e. The fourth-order valence-corrected chi connectivity index (χ4v) is 7.25. The molecule has 25 heavy (non-hydrogen) atoms. The quantitative estimate of drug-likeness (QED) is 0.733. The maximum atomic E-state index is 13.4. The molecule has 0 bridgehead atoms. The molecule has 0 radical (unpaired) electrons. The van der Waals surface area contributed by atoms with E-state index >= 15 is 0 Å². The van der Waals surface area contributed by atoms with Crippen LogP contribution in [0.3, 0.4) is 0 Å². The SMILES string of the molecule is CC1(C)CCC[C@]2(C)c3occc3[C@H](S(=O)(=O)c3ccccc3)C[C@@H]12. The molecule has 2 aromatic rings. The van der Waals surface area contributed by atoms with E-state index < -0.39 is 15.1 Å². The van der Waals surface area contributed by atoms with Gasteiger partial charge in [0.2, 0.25) is 0 Å². The number of benzene rings is 1. The van der Waals surface area contributed by atoms with Crippen LogP contribution in [0, 0.1) is 11.3 Å². The van der Waals surface area contributed by atoms with Crippen molar-refractivity contribution in [2.75, 3.05) is 0 Å². The van der Waals surface area contributed by atoms with Crippen LogP contribution in [0.4, 0.5) is 0 Å². The first kappa shape index (κ1) is 16.9. The Kier molecular flexibility index (Phi) is 3.70. The van der Waals surface area contributed by atoms with Crippen molar-refractivity contribution in [1.82, 2.24) is 0 Å². The van der Waals surface area contributed by atoms with Crippen molar-refractivity contribution >= 4 is 9.84 Å². The molecular formula is C21H26O3S. The fraction of sp³-hybridized carbons (Fsp3) is 0.524. The molecule has 0 spiro atoms. The molecule has 3 atom stereocenters. The minimum absolute atomic E-state index is 0.0662. The third-order valence-electron chi connectivity index (χ3n) is 6.69. The summed E-state index contributed by atoms with van der Waals surface area (Å²) in [7, 11) is -3.43. The summed E-state index contributed by atoms with van der Waals surface area (Å²) in [4.78, 5) is 0.407. The highest BCUT2D eigenvalue weighted by atomic mass is 32.2. The Hall–Kier alpha value is -1.55. The summed E-state index contributed by atoms with van der Waals surface area (Å²) < 4.78 is 32.7. The van der Waals surface area contributed by atoms with Crippen LogP contribution in [0.25, 0.3) is 0 Å². The third kappa shape index (κ3) is 2.41. The van der Waals surface area contributed by atoms with Gasteiger partial charge in [-0.15, -0.1) is 0 Å². The number of fused-ring (bicyclic) bond motifs is 3. The van der Waals surface area contributed by atoms with E-state index in [1.54, 1.807) is 30.5 Å². The average molecular weight is 359 g/mol. The molecule has 3 nitrogen and oxygen atoms in total. The molecule has 0 amide bonds. The van der Waals surface area contributed by atoms with Gasteiger partial charge in [0.1, 0.15) is 5.76 Å². The van der Waals surface area contributed by atoms with Gasteiger partial charge in [-0.3, -0.25) is 0 Å². The van der Waals surface area contributed by atoms with Gasteiger partial charge in [-0.2, -0.15) is 0 Å².